The Hall–Kier alpha value is -3.68. The van der Waals surface area contributed by atoms with Crippen LogP contribution in [-0.4, -0.2) is 42.8 Å². The first-order valence-electron chi connectivity index (χ1n) is 10.5. The van der Waals surface area contributed by atoms with Crippen LogP contribution in [0.3, 0.4) is 0 Å². The molecule has 3 aromatic rings. The zero-order valence-electron chi connectivity index (χ0n) is 18.0. The van der Waals surface area contributed by atoms with Crippen molar-refractivity contribution in [1.82, 2.24) is 4.90 Å². The molecule has 0 N–H and O–H groups in total. The molecule has 3 aromatic carbocycles. The molecular formula is C25H23F3N2O3. The molecule has 1 fully saturated rings. The Labute approximate surface area is 189 Å². The van der Waals surface area contributed by atoms with E-state index in [1.807, 2.05) is 23.1 Å². The van der Waals surface area contributed by atoms with Crippen molar-refractivity contribution < 1.29 is 27.4 Å². The number of amides is 1. The molecule has 0 spiro atoms. The van der Waals surface area contributed by atoms with Crippen molar-refractivity contribution in [2.24, 2.45) is 0 Å². The first kappa shape index (κ1) is 22.5. The minimum absolute atomic E-state index is 0.0465. The quantitative estimate of drug-likeness (QED) is 0.492. The van der Waals surface area contributed by atoms with E-state index in [4.69, 9.17) is 4.74 Å². The molecule has 0 radical (unpaired) electrons. The van der Waals surface area contributed by atoms with Crippen molar-refractivity contribution in [3.8, 4) is 17.2 Å². The second-order valence-corrected chi connectivity index (χ2v) is 7.77. The Morgan fingerprint density at radius 1 is 0.848 bits per heavy atom. The second-order valence-electron chi connectivity index (χ2n) is 7.77. The van der Waals surface area contributed by atoms with Crippen molar-refractivity contribution in [2.45, 2.75) is 19.3 Å². The van der Waals surface area contributed by atoms with Crippen LogP contribution in [0.5, 0.6) is 17.2 Å². The highest BCUT2D eigenvalue weighted by Gasteiger charge is 2.31. The van der Waals surface area contributed by atoms with Gasteiger partial charge in [0, 0.05) is 36.9 Å². The lowest BCUT2D eigenvalue weighted by Crippen LogP contribution is -2.53. The van der Waals surface area contributed by atoms with E-state index in [1.54, 1.807) is 24.3 Å². The second kappa shape index (κ2) is 9.44. The number of halogens is 3. The van der Waals surface area contributed by atoms with Gasteiger partial charge in [0.1, 0.15) is 17.2 Å². The van der Waals surface area contributed by atoms with Crippen molar-refractivity contribution >= 4 is 11.6 Å². The van der Waals surface area contributed by atoms with Crippen molar-refractivity contribution in [3.63, 3.8) is 0 Å². The molecule has 8 heteroatoms. The number of piperazine rings is 1. The lowest BCUT2D eigenvalue weighted by molar-refractivity contribution is -0.274. The van der Waals surface area contributed by atoms with Gasteiger partial charge in [-0.15, -0.1) is 13.2 Å². The Kier molecular flexibility index (Phi) is 6.44. The predicted octanol–water partition coefficient (Wildman–Crippen LogP) is 5.73. The summed E-state index contributed by atoms with van der Waals surface area (Å²) < 4.78 is 46.3. The van der Waals surface area contributed by atoms with Gasteiger partial charge in [-0.2, -0.15) is 0 Å². The van der Waals surface area contributed by atoms with Gasteiger partial charge in [0.25, 0.3) is 5.91 Å². The van der Waals surface area contributed by atoms with E-state index in [9.17, 15) is 18.0 Å². The zero-order chi connectivity index (χ0) is 23.4. The number of benzene rings is 3. The van der Waals surface area contributed by atoms with Crippen LogP contribution < -0.4 is 14.4 Å². The zero-order valence-corrected chi connectivity index (χ0v) is 18.0. The fourth-order valence-corrected chi connectivity index (χ4v) is 3.84. The molecule has 33 heavy (non-hydrogen) atoms. The SMILES string of the molecule is CC1CN(C(=O)c2ccc(Oc3ccc(OC(F)(F)F)cc3)cc2)CCN1c1ccccc1. The number of alkyl halides is 3. The van der Waals surface area contributed by atoms with Gasteiger partial charge < -0.3 is 19.3 Å². The maximum Gasteiger partial charge on any atom is 0.573 e. The predicted molar refractivity (Wildman–Crippen MR) is 119 cm³/mol. The standard InChI is InChI=1S/C25H23F3N2O3/c1-18-17-29(15-16-30(18)20-5-3-2-4-6-20)24(31)19-7-9-21(10-8-19)32-22-11-13-23(14-12-22)33-25(26,27)28/h2-14,18H,15-17H2,1H3. The van der Waals surface area contributed by atoms with E-state index in [1.165, 1.54) is 24.3 Å². The summed E-state index contributed by atoms with van der Waals surface area (Å²) >= 11 is 0. The molecule has 0 aromatic heterocycles. The first-order valence-corrected chi connectivity index (χ1v) is 10.5. The molecule has 1 saturated heterocycles. The van der Waals surface area contributed by atoms with Crippen LogP contribution in [0.1, 0.15) is 17.3 Å². The summed E-state index contributed by atoms with van der Waals surface area (Å²) in [5.74, 6) is 0.458. The summed E-state index contributed by atoms with van der Waals surface area (Å²) in [5.41, 5.74) is 1.70. The van der Waals surface area contributed by atoms with Crippen molar-refractivity contribution in [2.75, 3.05) is 24.5 Å². The highest BCUT2D eigenvalue weighted by atomic mass is 19.4. The van der Waals surface area contributed by atoms with E-state index >= 15 is 0 Å². The molecular weight excluding hydrogens is 433 g/mol. The fourth-order valence-electron chi connectivity index (χ4n) is 3.84. The Balaban J connectivity index is 1.35. The Bertz CT molecular complexity index is 1070. The third-order valence-corrected chi connectivity index (χ3v) is 5.40. The van der Waals surface area contributed by atoms with E-state index in [2.05, 4.69) is 28.7 Å². The largest absolute Gasteiger partial charge is 0.573 e. The molecule has 4 rings (SSSR count). The number of hydrogen-bond acceptors (Lipinski definition) is 4. The van der Waals surface area contributed by atoms with Crippen molar-refractivity contribution in [1.29, 1.82) is 0 Å². The number of carbonyl (C=O) groups is 1. The maximum atomic E-state index is 13.0. The van der Waals surface area contributed by atoms with Gasteiger partial charge in [0.05, 0.1) is 0 Å². The van der Waals surface area contributed by atoms with Gasteiger partial charge >= 0.3 is 6.36 Å². The highest BCUT2D eigenvalue weighted by molar-refractivity contribution is 5.94. The lowest BCUT2D eigenvalue weighted by atomic mass is 10.1. The summed E-state index contributed by atoms with van der Waals surface area (Å²) in [5, 5.41) is 0. The molecule has 5 nitrogen and oxygen atoms in total. The molecule has 1 amide bonds. The van der Waals surface area contributed by atoms with Crippen LogP contribution in [0, 0.1) is 0 Å². The smallest absolute Gasteiger partial charge is 0.457 e. The van der Waals surface area contributed by atoms with Crippen LogP contribution in [0.4, 0.5) is 18.9 Å². The Morgan fingerprint density at radius 3 is 2.00 bits per heavy atom. The van der Waals surface area contributed by atoms with Gasteiger partial charge in [0.15, 0.2) is 0 Å². The number of rotatable bonds is 5. The number of nitrogens with zero attached hydrogens (tertiary/aromatic N) is 2. The molecule has 0 saturated carbocycles. The average Bonchev–Trinajstić information content (AvgIpc) is 2.80. The van der Waals surface area contributed by atoms with Crippen molar-refractivity contribution in [3.05, 3.63) is 84.4 Å². The lowest BCUT2D eigenvalue weighted by Gasteiger charge is -2.41. The number of para-hydroxylation sites is 1. The normalized spacial score (nSPS) is 16.4. The molecule has 0 bridgehead atoms. The highest BCUT2D eigenvalue weighted by Crippen LogP contribution is 2.28. The topological polar surface area (TPSA) is 42.0 Å². The monoisotopic (exact) mass is 456 g/mol. The summed E-state index contributed by atoms with van der Waals surface area (Å²) in [6, 6.07) is 22.2. The van der Waals surface area contributed by atoms with E-state index in [0.717, 1.165) is 12.2 Å². The van der Waals surface area contributed by atoms with Gasteiger partial charge in [-0.05, 0) is 67.6 Å². The van der Waals surface area contributed by atoms with Crippen LogP contribution in [-0.2, 0) is 0 Å². The van der Waals surface area contributed by atoms with Crippen LogP contribution in [0.25, 0.3) is 0 Å². The van der Waals surface area contributed by atoms with Gasteiger partial charge in [-0.1, -0.05) is 18.2 Å². The minimum Gasteiger partial charge on any atom is -0.457 e. The Morgan fingerprint density at radius 2 is 1.42 bits per heavy atom. The molecule has 1 aliphatic heterocycles. The van der Waals surface area contributed by atoms with E-state index in [-0.39, 0.29) is 17.7 Å². The summed E-state index contributed by atoms with van der Waals surface area (Å²) in [6.45, 7) is 4.11. The van der Waals surface area contributed by atoms with Crippen LogP contribution in [0.2, 0.25) is 0 Å². The van der Waals surface area contributed by atoms with Gasteiger partial charge in [-0.3, -0.25) is 4.79 Å². The molecule has 1 aliphatic rings. The minimum atomic E-state index is -4.74. The molecule has 1 atom stereocenters. The summed E-state index contributed by atoms with van der Waals surface area (Å²) in [4.78, 5) is 17.1. The van der Waals surface area contributed by atoms with Gasteiger partial charge in [-0.25, -0.2) is 0 Å². The van der Waals surface area contributed by atoms with Crippen LogP contribution in [0.15, 0.2) is 78.9 Å². The first-order chi connectivity index (χ1) is 15.8. The van der Waals surface area contributed by atoms with E-state index < -0.39 is 6.36 Å². The molecule has 172 valence electrons. The molecule has 1 heterocycles. The third kappa shape index (κ3) is 5.77. The van der Waals surface area contributed by atoms with E-state index in [0.29, 0.717) is 30.2 Å². The number of hydrogen-bond donors (Lipinski definition) is 0. The average molecular weight is 456 g/mol. The maximum absolute atomic E-state index is 13.0. The summed E-state index contributed by atoms with van der Waals surface area (Å²) in [6.07, 6.45) is -4.74. The number of anilines is 1. The number of carbonyl (C=O) groups excluding carboxylic acids is 1. The number of ether oxygens (including phenoxy) is 2. The van der Waals surface area contributed by atoms with Gasteiger partial charge in [0.2, 0.25) is 0 Å². The molecule has 1 unspecified atom stereocenters. The third-order valence-electron chi connectivity index (χ3n) is 5.40. The fraction of sp³-hybridized carbons (Fsp3) is 0.240. The molecule has 0 aliphatic carbocycles. The summed E-state index contributed by atoms with van der Waals surface area (Å²) in [7, 11) is 0. The van der Waals surface area contributed by atoms with Crippen LogP contribution >= 0.6 is 0 Å².